The monoisotopic (exact) mass is 630 g/mol. The highest BCUT2D eigenvalue weighted by molar-refractivity contribution is 8.00. The molecule has 5 saturated heterocycles. The number of carbonyl (C=O) groups is 2. The van der Waals surface area contributed by atoms with Crippen LogP contribution in [0.15, 0.2) is 0 Å². The minimum absolute atomic E-state index is 0.00578. The normalized spacial score (nSPS) is 44.3. The maximum absolute atomic E-state index is 13.6. The smallest absolute Gasteiger partial charge is 0.380 e. The van der Waals surface area contributed by atoms with E-state index in [1.54, 1.807) is 23.8 Å². The highest BCUT2D eigenvalue weighted by Crippen LogP contribution is 2.39. The number of thioether (sulfide) groups is 1. The molecule has 228 valence electrons. The number of halogens is 5. The third kappa shape index (κ3) is 6.66. The standard InChI is InChI=1S/C25H39Cl2F3N6O3S/c1-11-5-13(14-6-20(26)32-8-17(14)39-2)15(7-31-11)22(37)35-24-33-16-9-36(10-18(16)40-24)23(38)12-3-4-19(25(28,29)30)34-21(12)27/h11-21,24,31-34H,3-10H2,1-2H3,(H,35,37). The van der Waals surface area contributed by atoms with Gasteiger partial charge in [0, 0.05) is 50.6 Å². The van der Waals surface area contributed by atoms with Gasteiger partial charge in [-0.1, -0.05) is 0 Å². The van der Waals surface area contributed by atoms with Crippen LogP contribution in [0.1, 0.15) is 32.6 Å². The first-order valence-electron chi connectivity index (χ1n) is 14.1. The Morgan fingerprint density at radius 3 is 2.48 bits per heavy atom. The lowest BCUT2D eigenvalue weighted by atomic mass is 9.70. The molecule has 0 aliphatic carbocycles. The van der Waals surface area contributed by atoms with Crippen molar-refractivity contribution in [3.8, 4) is 0 Å². The van der Waals surface area contributed by atoms with Crippen molar-refractivity contribution >= 4 is 46.8 Å². The van der Waals surface area contributed by atoms with Gasteiger partial charge in [0.25, 0.3) is 0 Å². The zero-order valence-corrected chi connectivity index (χ0v) is 24.9. The summed E-state index contributed by atoms with van der Waals surface area (Å²) in [6, 6.07) is -1.41. The number of rotatable bonds is 5. The zero-order valence-electron chi connectivity index (χ0n) is 22.6. The average Bonchev–Trinajstić information content (AvgIpc) is 3.46. The molecule has 0 radical (unpaired) electrons. The summed E-state index contributed by atoms with van der Waals surface area (Å²) in [6.07, 6.45) is -2.87. The van der Waals surface area contributed by atoms with Crippen molar-refractivity contribution in [2.75, 3.05) is 33.3 Å². The Balaban J connectivity index is 1.14. The summed E-state index contributed by atoms with van der Waals surface area (Å²) >= 11 is 14.2. The van der Waals surface area contributed by atoms with Crippen LogP contribution in [-0.2, 0) is 14.3 Å². The van der Waals surface area contributed by atoms with Crippen molar-refractivity contribution in [3.05, 3.63) is 0 Å². The number of hydrogen-bond acceptors (Lipinski definition) is 8. The number of carbonyl (C=O) groups excluding carboxylic acids is 2. The van der Waals surface area contributed by atoms with Gasteiger partial charge < -0.3 is 20.3 Å². The van der Waals surface area contributed by atoms with Gasteiger partial charge >= 0.3 is 6.18 Å². The van der Waals surface area contributed by atoms with Gasteiger partial charge in [-0.05, 0) is 44.4 Å². The highest BCUT2D eigenvalue weighted by Gasteiger charge is 2.50. The summed E-state index contributed by atoms with van der Waals surface area (Å²) < 4.78 is 44.9. The van der Waals surface area contributed by atoms with Crippen LogP contribution in [0, 0.1) is 23.7 Å². The number of nitrogens with zero attached hydrogens (tertiary/aromatic N) is 1. The Morgan fingerprint density at radius 1 is 1.02 bits per heavy atom. The number of fused-ring (bicyclic) bond motifs is 1. The van der Waals surface area contributed by atoms with Gasteiger partial charge in [0.05, 0.1) is 28.9 Å². The first-order chi connectivity index (χ1) is 18.9. The van der Waals surface area contributed by atoms with Crippen LogP contribution in [0.3, 0.4) is 0 Å². The fourth-order valence-corrected chi connectivity index (χ4v) is 9.16. The highest BCUT2D eigenvalue weighted by atomic mass is 35.5. The molecule has 5 aliphatic rings. The van der Waals surface area contributed by atoms with Gasteiger partial charge in [-0.3, -0.25) is 25.5 Å². The minimum atomic E-state index is -4.39. The summed E-state index contributed by atoms with van der Waals surface area (Å²) in [5.74, 6) is -0.850. The van der Waals surface area contributed by atoms with Crippen LogP contribution in [0.4, 0.5) is 13.2 Å². The lowest BCUT2D eigenvalue weighted by Crippen LogP contribution is -2.57. The SMILES string of the molecule is COC1CNC(Cl)CC1C1CC(C)NCC1C(=O)NC1NC2CN(C(=O)C3CCC(C(F)(F)F)NC3Cl)CC2S1. The van der Waals surface area contributed by atoms with Gasteiger partial charge in [0.2, 0.25) is 11.8 Å². The molecule has 2 amide bonds. The molecule has 5 N–H and O–H groups in total. The van der Waals surface area contributed by atoms with Crippen LogP contribution in [-0.4, -0.2) is 102 Å². The first kappa shape index (κ1) is 30.9. The van der Waals surface area contributed by atoms with Crippen molar-refractivity contribution in [1.82, 2.24) is 31.5 Å². The predicted molar refractivity (Wildman–Crippen MR) is 148 cm³/mol. The second-order valence-corrected chi connectivity index (χ2v) is 14.1. The van der Waals surface area contributed by atoms with Crippen LogP contribution in [0.2, 0.25) is 0 Å². The number of hydrogen-bond donors (Lipinski definition) is 5. The minimum Gasteiger partial charge on any atom is -0.380 e. The molecule has 9 nitrogen and oxygen atoms in total. The van der Waals surface area contributed by atoms with Crippen molar-refractivity contribution in [1.29, 1.82) is 0 Å². The molecule has 0 aromatic heterocycles. The van der Waals surface area contributed by atoms with E-state index in [-0.39, 0.29) is 70.8 Å². The Hall–Kier alpha value is -0.540. The van der Waals surface area contributed by atoms with Gasteiger partial charge in [0.1, 0.15) is 11.5 Å². The number of piperidine rings is 3. The van der Waals surface area contributed by atoms with Crippen LogP contribution >= 0.6 is 35.0 Å². The summed E-state index contributed by atoms with van der Waals surface area (Å²) in [5.41, 5.74) is -1.49. The Labute approximate surface area is 247 Å². The fourth-order valence-electron chi connectivity index (χ4n) is 7.07. The molecule has 12 unspecified atom stereocenters. The molecular formula is C25H39Cl2F3N6O3S. The number of amides is 2. The van der Waals surface area contributed by atoms with Gasteiger partial charge in [-0.25, -0.2) is 0 Å². The van der Waals surface area contributed by atoms with Crippen molar-refractivity contribution < 1.29 is 27.5 Å². The summed E-state index contributed by atoms with van der Waals surface area (Å²) in [4.78, 5) is 28.4. The van der Waals surface area contributed by atoms with E-state index in [0.717, 1.165) is 12.8 Å². The molecule has 5 aliphatic heterocycles. The number of nitrogens with one attached hydrogen (secondary N) is 5. The molecule has 40 heavy (non-hydrogen) atoms. The quantitative estimate of drug-likeness (QED) is 0.230. The van der Waals surface area contributed by atoms with E-state index in [1.165, 1.54) is 0 Å². The second kappa shape index (κ2) is 12.6. The van der Waals surface area contributed by atoms with E-state index >= 15 is 0 Å². The molecule has 0 spiro atoms. The average molecular weight is 632 g/mol. The van der Waals surface area contributed by atoms with Crippen molar-refractivity contribution in [3.63, 3.8) is 0 Å². The summed E-state index contributed by atoms with van der Waals surface area (Å²) in [7, 11) is 1.71. The molecule has 15 heteroatoms. The van der Waals surface area contributed by atoms with Crippen LogP contribution in [0.5, 0.6) is 0 Å². The second-order valence-electron chi connectivity index (χ2n) is 11.8. The number of likely N-dealkylation sites (tertiary alicyclic amines) is 1. The van der Waals surface area contributed by atoms with Gasteiger partial charge in [-0.2, -0.15) is 13.2 Å². The fraction of sp³-hybridized carbons (Fsp3) is 0.920. The number of methoxy groups -OCH3 is 1. The van der Waals surface area contributed by atoms with E-state index in [0.29, 0.717) is 32.2 Å². The molecule has 0 aromatic rings. The largest absolute Gasteiger partial charge is 0.403 e. The van der Waals surface area contributed by atoms with Gasteiger partial charge in [-0.15, -0.1) is 35.0 Å². The van der Waals surface area contributed by atoms with Gasteiger partial charge in [0.15, 0.2) is 0 Å². The first-order valence-corrected chi connectivity index (χ1v) is 15.9. The zero-order chi connectivity index (χ0) is 28.8. The van der Waals surface area contributed by atoms with Crippen LogP contribution in [0.25, 0.3) is 0 Å². The maximum Gasteiger partial charge on any atom is 0.403 e. The van der Waals surface area contributed by atoms with E-state index in [9.17, 15) is 22.8 Å². The number of alkyl halides is 5. The van der Waals surface area contributed by atoms with E-state index in [4.69, 9.17) is 27.9 Å². The predicted octanol–water partition coefficient (Wildman–Crippen LogP) is 1.60. The molecule has 5 heterocycles. The lowest BCUT2D eigenvalue weighted by molar-refractivity contribution is -0.166. The Morgan fingerprint density at radius 2 is 1.80 bits per heavy atom. The van der Waals surface area contributed by atoms with E-state index in [1.807, 2.05) is 0 Å². The molecule has 12 atom stereocenters. The van der Waals surface area contributed by atoms with Crippen molar-refractivity contribution in [2.24, 2.45) is 23.7 Å². The summed E-state index contributed by atoms with van der Waals surface area (Å²) in [5, 5.41) is 15.8. The maximum atomic E-state index is 13.6. The third-order valence-electron chi connectivity index (χ3n) is 9.24. The molecule has 5 rings (SSSR count). The molecule has 0 aromatic carbocycles. The molecule has 0 saturated carbocycles. The molecular weight excluding hydrogens is 592 g/mol. The summed E-state index contributed by atoms with van der Waals surface area (Å²) in [6.45, 7) is 4.27. The molecule has 0 bridgehead atoms. The van der Waals surface area contributed by atoms with E-state index in [2.05, 4.69) is 33.5 Å². The Bertz CT molecular complexity index is 927. The third-order valence-corrected chi connectivity index (χ3v) is 11.4. The topological polar surface area (TPSA) is 107 Å². The Kier molecular flexibility index (Phi) is 9.73. The molecule has 5 fully saturated rings. The van der Waals surface area contributed by atoms with E-state index < -0.39 is 23.6 Å². The van der Waals surface area contributed by atoms with Crippen molar-refractivity contribution in [2.45, 2.75) is 84.8 Å². The lowest BCUT2D eigenvalue weighted by Gasteiger charge is -2.45. The number of ether oxygens (including phenoxy) is 1. The van der Waals surface area contributed by atoms with Crippen LogP contribution < -0.4 is 26.6 Å².